The Morgan fingerprint density at radius 2 is 1.86 bits per heavy atom. The highest BCUT2D eigenvalue weighted by Gasteiger charge is 2.17. The van der Waals surface area contributed by atoms with E-state index < -0.39 is 17.5 Å². The van der Waals surface area contributed by atoms with Crippen LogP contribution >= 0.6 is 11.6 Å². The molecule has 0 saturated heterocycles. The maximum absolute atomic E-state index is 14.0. The van der Waals surface area contributed by atoms with E-state index in [9.17, 15) is 13.2 Å². The predicted octanol–water partition coefficient (Wildman–Crippen LogP) is 4.22. The van der Waals surface area contributed by atoms with Crippen LogP contribution in [0.3, 0.4) is 0 Å². The lowest BCUT2D eigenvalue weighted by molar-refractivity contribution is 0.577. The molecule has 21 heavy (non-hydrogen) atoms. The van der Waals surface area contributed by atoms with Crippen LogP contribution in [-0.2, 0) is 6.42 Å². The molecule has 0 aliphatic rings. The van der Waals surface area contributed by atoms with Crippen molar-refractivity contribution in [1.82, 2.24) is 9.55 Å². The zero-order valence-electron chi connectivity index (χ0n) is 10.8. The fourth-order valence-electron chi connectivity index (χ4n) is 2.30. The molecule has 1 heterocycles. The first-order chi connectivity index (χ1) is 10.1. The van der Waals surface area contributed by atoms with Gasteiger partial charge in [-0.05, 0) is 24.3 Å². The van der Waals surface area contributed by atoms with E-state index in [4.69, 9.17) is 11.6 Å². The van der Waals surface area contributed by atoms with Crippen molar-refractivity contribution in [3.05, 3.63) is 59.7 Å². The third-order valence-electron chi connectivity index (χ3n) is 3.17. The Balaban J connectivity index is 2.33. The maximum Gasteiger partial charge on any atom is 0.151 e. The van der Waals surface area contributed by atoms with E-state index in [-0.39, 0.29) is 17.1 Å². The summed E-state index contributed by atoms with van der Waals surface area (Å²) in [7, 11) is 0. The Morgan fingerprint density at radius 3 is 2.57 bits per heavy atom. The van der Waals surface area contributed by atoms with Gasteiger partial charge in [-0.25, -0.2) is 18.2 Å². The number of hydrogen-bond donors (Lipinski definition) is 0. The summed E-state index contributed by atoms with van der Waals surface area (Å²) in [5, 5.41) is 0. The number of benzene rings is 2. The molecule has 108 valence electrons. The van der Waals surface area contributed by atoms with Crippen molar-refractivity contribution in [2.75, 3.05) is 5.88 Å². The lowest BCUT2D eigenvalue weighted by atomic mass is 10.2. The van der Waals surface area contributed by atoms with E-state index in [0.717, 1.165) is 12.1 Å². The first-order valence-corrected chi connectivity index (χ1v) is 6.82. The summed E-state index contributed by atoms with van der Waals surface area (Å²) < 4.78 is 42.4. The summed E-state index contributed by atoms with van der Waals surface area (Å²) in [6, 6.07) is 7.66. The van der Waals surface area contributed by atoms with Gasteiger partial charge in [-0.2, -0.15) is 0 Å². The Morgan fingerprint density at radius 1 is 1.05 bits per heavy atom. The molecule has 0 saturated carbocycles. The van der Waals surface area contributed by atoms with Gasteiger partial charge >= 0.3 is 0 Å². The summed E-state index contributed by atoms with van der Waals surface area (Å²) in [4.78, 5) is 4.18. The van der Waals surface area contributed by atoms with Crippen LogP contribution in [0.5, 0.6) is 0 Å². The molecule has 6 heteroatoms. The monoisotopic (exact) mass is 310 g/mol. The Bertz CT molecular complexity index is 814. The average Bonchev–Trinajstić information content (AvgIpc) is 2.79. The standard InChI is InChI=1S/C15H10ClF3N2/c16-7-6-14-20-15-10(18)2-1-3-13(15)21(14)12-5-4-9(17)8-11(12)19/h1-5,8H,6-7H2. The lowest BCUT2D eigenvalue weighted by Gasteiger charge is -2.09. The van der Waals surface area contributed by atoms with Crippen molar-refractivity contribution in [3.63, 3.8) is 0 Å². The highest BCUT2D eigenvalue weighted by Crippen LogP contribution is 2.26. The largest absolute Gasteiger partial charge is 0.293 e. The van der Waals surface area contributed by atoms with Gasteiger partial charge in [0.1, 0.15) is 23.0 Å². The minimum Gasteiger partial charge on any atom is -0.293 e. The van der Waals surface area contributed by atoms with E-state index in [1.807, 2.05) is 0 Å². The molecule has 0 N–H and O–H groups in total. The third kappa shape index (κ3) is 2.38. The van der Waals surface area contributed by atoms with Crippen LogP contribution in [0.2, 0.25) is 0 Å². The molecule has 2 aromatic carbocycles. The van der Waals surface area contributed by atoms with Gasteiger partial charge in [-0.1, -0.05) is 6.07 Å². The first kappa shape index (κ1) is 13.9. The zero-order chi connectivity index (χ0) is 15.0. The molecule has 0 radical (unpaired) electrons. The molecular formula is C15H10ClF3N2. The summed E-state index contributed by atoms with van der Waals surface area (Å²) >= 11 is 5.73. The van der Waals surface area contributed by atoms with Crippen LogP contribution in [0.4, 0.5) is 13.2 Å². The van der Waals surface area contributed by atoms with Gasteiger partial charge in [0.05, 0.1) is 11.2 Å². The van der Waals surface area contributed by atoms with Crippen LogP contribution in [0.25, 0.3) is 16.7 Å². The summed E-state index contributed by atoms with van der Waals surface area (Å²) in [6.07, 6.45) is 0.340. The fraction of sp³-hybridized carbons (Fsp3) is 0.133. The van der Waals surface area contributed by atoms with Gasteiger partial charge in [0, 0.05) is 18.4 Å². The van der Waals surface area contributed by atoms with Crippen molar-refractivity contribution in [3.8, 4) is 5.69 Å². The molecule has 0 spiro atoms. The summed E-state index contributed by atoms with van der Waals surface area (Å²) in [5.74, 6) is -1.23. The predicted molar refractivity (Wildman–Crippen MR) is 75.4 cm³/mol. The Kier molecular flexibility index (Phi) is 3.59. The van der Waals surface area contributed by atoms with E-state index in [0.29, 0.717) is 17.8 Å². The topological polar surface area (TPSA) is 17.8 Å². The van der Waals surface area contributed by atoms with Crippen molar-refractivity contribution in [2.45, 2.75) is 6.42 Å². The second-order valence-corrected chi connectivity index (χ2v) is 4.88. The van der Waals surface area contributed by atoms with Crippen LogP contribution in [0, 0.1) is 17.5 Å². The molecule has 0 unspecified atom stereocenters. The first-order valence-electron chi connectivity index (χ1n) is 6.29. The van der Waals surface area contributed by atoms with E-state index >= 15 is 0 Å². The normalized spacial score (nSPS) is 11.2. The Labute approximate surface area is 123 Å². The highest BCUT2D eigenvalue weighted by atomic mass is 35.5. The molecule has 3 aromatic rings. The number of para-hydroxylation sites is 1. The number of nitrogens with zero attached hydrogens (tertiary/aromatic N) is 2. The quantitative estimate of drug-likeness (QED) is 0.662. The summed E-state index contributed by atoms with van der Waals surface area (Å²) in [6.45, 7) is 0. The number of aryl methyl sites for hydroxylation is 1. The number of imidazole rings is 1. The van der Waals surface area contributed by atoms with Crippen molar-refractivity contribution in [1.29, 1.82) is 0 Å². The zero-order valence-corrected chi connectivity index (χ0v) is 11.5. The van der Waals surface area contributed by atoms with Gasteiger partial charge in [0.25, 0.3) is 0 Å². The molecule has 2 nitrogen and oxygen atoms in total. The molecule has 0 aliphatic heterocycles. The number of alkyl halides is 1. The van der Waals surface area contributed by atoms with Gasteiger partial charge in [0.2, 0.25) is 0 Å². The summed E-state index contributed by atoms with van der Waals surface area (Å²) in [5.41, 5.74) is 0.673. The van der Waals surface area contributed by atoms with Gasteiger partial charge in [0.15, 0.2) is 5.82 Å². The molecule has 0 fully saturated rings. The molecule has 0 amide bonds. The van der Waals surface area contributed by atoms with Gasteiger partial charge < -0.3 is 0 Å². The van der Waals surface area contributed by atoms with Gasteiger partial charge in [-0.3, -0.25) is 4.57 Å². The number of aromatic nitrogens is 2. The van der Waals surface area contributed by atoms with Crippen molar-refractivity contribution >= 4 is 22.6 Å². The second kappa shape index (κ2) is 5.41. The van der Waals surface area contributed by atoms with Crippen LogP contribution in [0.1, 0.15) is 5.82 Å². The third-order valence-corrected chi connectivity index (χ3v) is 3.36. The molecular weight excluding hydrogens is 301 g/mol. The van der Waals surface area contributed by atoms with Gasteiger partial charge in [-0.15, -0.1) is 11.6 Å². The number of hydrogen-bond acceptors (Lipinski definition) is 1. The molecule has 1 aromatic heterocycles. The van der Waals surface area contributed by atoms with Crippen LogP contribution in [-0.4, -0.2) is 15.4 Å². The Hall–Kier alpha value is -2.01. The van der Waals surface area contributed by atoms with E-state index in [2.05, 4.69) is 4.98 Å². The number of halogens is 4. The average molecular weight is 311 g/mol. The van der Waals surface area contributed by atoms with E-state index in [1.165, 1.54) is 22.8 Å². The van der Waals surface area contributed by atoms with Crippen molar-refractivity contribution < 1.29 is 13.2 Å². The minimum absolute atomic E-state index is 0.115. The lowest BCUT2D eigenvalue weighted by Crippen LogP contribution is -2.04. The highest BCUT2D eigenvalue weighted by molar-refractivity contribution is 6.17. The smallest absolute Gasteiger partial charge is 0.151 e. The SMILES string of the molecule is Fc1ccc(-n2c(CCCl)nc3c(F)cccc32)c(F)c1. The second-order valence-electron chi connectivity index (χ2n) is 4.51. The molecule has 3 rings (SSSR count). The van der Waals surface area contributed by atoms with Crippen LogP contribution < -0.4 is 0 Å². The molecule has 0 bridgehead atoms. The number of rotatable bonds is 3. The molecule has 0 aliphatic carbocycles. The minimum atomic E-state index is -0.741. The fourth-order valence-corrected chi connectivity index (χ4v) is 2.47. The van der Waals surface area contributed by atoms with E-state index in [1.54, 1.807) is 6.07 Å². The van der Waals surface area contributed by atoms with Crippen molar-refractivity contribution in [2.24, 2.45) is 0 Å². The van der Waals surface area contributed by atoms with Crippen LogP contribution in [0.15, 0.2) is 36.4 Å². The maximum atomic E-state index is 14.0. The number of fused-ring (bicyclic) bond motifs is 1. The molecule has 0 atom stereocenters.